The second kappa shape index (κ2) is 9.02. The van der Waals surface area contributed by atoms with Gasteiger partial charge in [0.2, 0.25) is 0 Å². The van der Waals surface area contributed by atoms with Crippen molar-refractivity contribution in [2.75, 3.05) is 13.2 Å². The van der Waals surface area contributed by atoms with Crippen LogP contribution in [0.1, 0.15) is 81.7 Å². The predicted octanol–water partition coefficient (Wildman–Crippen LogP) is 5.85. The van der Waals surface area contributed by atoms with Crippen molar-refractivity contribution in [3.63, 3.8) is 0 Å². The van der Waals surface area contributed by atoms with E-state index < -0.39 is 0 Å². The highest BCUT2D eigenvalue weighted by molar-refractivity contribution is 7.18. The van der Waals surface area contributed by atoms with Crippen molar-refractivity contribution in [2.24, 2.45) is 0 Å². The number of benzene rings is 2. The molecule has 0 fully saturated rings. The van der Waals surface area contributed by atoms with Crippen molar-refractivity contribution < 1.29 is 23.9 Å². The van der Waals surface area contributed by atoms with Crippen molar-refractivity contribution in [3.8, 4) is 11.5 Å². The van der Waals surface area contributed by atoms with Gasteiger partial charge in [0.15, 0.2) is 17.9 Å². The first kappa shape index (κ1) is 21.2. The summed E-state index contributed by atoms with van der Waals surface area (Å²) in [4.78, 5) is 38.9. The van der Waals surface area contributed by atoms with E-state index in [4.69, 9.17) is 9.47 Å². The minimum Gasteiger partial charge on any atom is -0.492 e. The van der Waals surface area contributed by atoms with Crippen LogP contribution in [0.4, 0.5) is 0 Å². The SMILES string of the molecule is CCCCOc1c2c(c(OCCCC)c3c(C=O)csc13)C(=O)c1ccccc1C2=O. The molecule has 1 aromatic heterocycles. The Bertz CT molecular complexity index is 1170. The fourth-order valence-corrected chi connectivity index (χ4v) is 4.84. The summed E-state index contributed by atoms with van der Waals surface area (Å²) < 4.78 is 12.9. The molecule has 0 saturated carbocycles. The lowest BCUT2D eigenvalue weighted by Gasteiger charge is -2.24. The van der Waals surface area contributed by atoms with E-state index in [9.17, 15) is 14.4 Å². The Labute approximate surface area is 185 Å². The van der Waals surface area contributed by atoms with E-state index in [1.54, 1.807) is 29.6 Å². The van der Waals surface area contributed by atoms with E-state index >= 15 is 0 Å². The first-order chi connectivity index (χ1) is 15.1. The molecule has 0 N–H and O–H groups in total. The molecule has 1 heterocycles. The number of hydrogen-bond donors (Lipinski definition) is 0. The summed E-state index contributed by atoms with van der Waals surface area (Å²) in [5, 5.41) is 2.28. The van der Waals surface area contributed by atoms with Gasteiger partial charge in [-0.2, -0.15) is 0 Å². The van der Waals surface area contributed by atoms with Crippen LogP contribution >= 0.6 is 11.3 Å². The average molecular weight is 437 g/mol. The maximum Gasteiger partial charge on any atom is 0.198 e. The van der Waals surface area contributed by atoms with Gasteiger partial charge in [-0.3, -0.25) is 14.4 Å². The quantitative estimate of drug-likeness (QED) is 0.243. The number of aldehydes is 1. The number of rotatable bonds is 9. The molecule has 0 unspecified atom stereocenters. The molecular formula is C25H24O5S. The second-order valence-corrected chi connectivity index (χ2v) is 8.41. The number of hydrogen-bond acceptors (Lipinski definition) is 6. The number of unbranched alkanes of at least 4 members (excludes halogenated alkanes) is 2. The van der Waals surface area contributed by atoms with Gasteiger partial charge in [-0.1, -0.05) is 51.0 Å². The van der Waals surface area contributed by atoms with Crippen molar-refractivity contribution in [1.29, 1.82) is 0 Å². The predicted molar refractivity (Wildman–Crippen MR) is 121 cm³/mol. The zero-order valence-corrected chi connectivity index (χ0v) is 18.5. The number of ether oxygens (including phenoxy) is 2. The first-order valence-electron chi connectivity index (χ1n) is 10.6. The van der Waals surface area contributed by atoms with Crippen molar-refractivity contribution in [3.05, 3.63) is 57.5 Å². The van der Waals surface area contributed by atoms with Crippen LogP contribution in [-0.2, 0) is 0 Å². The molecule has 2 aromatic carbocycles. The van der Waals surface area contributed by atoms with Crippen LogP contribution in [0.3, 0.4) is 0 Å². The van der Waals surface area contributed by atoms with Gasteiger partial charge in [0, 0.05) is 27.5 Å². The second-order valence-electron chi connectivity index (χ2n) is 7.53. The lowest BCUT2D eigenvalue weighted by Crippen LogP contribution is -2.23. The van der Waals surface area contributed by atoms with Gasteiger partial charge >= 0.3 is 0 Å². The number of fused-ring (bicyclic) bond motifs is 3. The molecule has 6 heteroatoms. The van der Waals surface area contributed by atoms with Gasteiger partial charge in [0.1, 0.15) is 11.5 Å². The van der Waals surface area contributed by atoms with E-state index in [0.29, 0.717) is 51.5 Å². The zero-order chi connectivity index (χ0) is 22.0. The number of thiophene rings is 1. The molecule has 0 saturated heterocycles. The molecule has 0 aliphatic heterocycles. The highest BCUT2D eigenvalue weighted by atomic mass is 32.1. The maximum absolute atomic E-state index is 13.6. The molecule has 0 radical (unpaired) electrons. The lowest BCUT2D eigenvalue weighted by atomic mass is 9.82. The summed E-state index contributed by atoms with van der Waals surface area (Å²) in [5.41, 5.74) is 1.61. The largest absolute Gasteiger partial charge is 0.492 e. The Kier molecular flexibility index (Phi) is 6.18. The molecule has 1 aliphatic carbocycles. The molecule has 0 amide bonds. The third kappa shape index (κ3) is 3.55. The molecule has 0 bridgehead atoms. The summed E-state index contributed by atoms with van der Waals surface area (Å²) in [7, 11) is 0. The minimum atomic E-state index is -0.276. The Morgan fingerprint density at radius 1 is 0.871 bits per heavy atom. The van der Waals surface area contributed by atoms with Gasteiger partial charge in [0.25, 0.3) is 0 Å². The molecule has 4 rings (SSSR count). The first-order valence-corrected chi connectivity index (χ1v) is 11.5. The van der Waals surface area contributed by atoms with Crippen LogP contribution in [0, 0.1) is 0 Å². The van der Waals surface area contributed by atoms with Gasteiger partial charge in [-0.25, -0.2) is 0 Å². The molecule has 5 nitrogen and oxygen atoms in total. The van der Waals surface area contributed by atoms with Crippen LogP contribution in [0.25, 0.3) is 10.1 Å². The zero-order valence-electron chi connectivity index (χ0n) is 17.7. The lowest BCUT2D eigenvalue weighted by molar-refractivity contribution is 0.0972. The molecule has 3 aromatic rings. The van der Waals surface area contributed by atoms with Gasteiger partial charge < -0.3 is 9.47 Å². The van der Waals surface area contributed by atoms with Gasteiger partial charge in [0.05, 0.1) is 29.0 Å². The third-order valence-corrected chi connectivity index (χ3v) is 6.44. The van der Waals surface area contributed by atoms with Gasteiger partial charge in [-0.15, -0.1) is 11.3 Å². The highest BCUT2D eigenvalue weighted by Gasteiger charge is 2.38. The van der Waals surface area contributed by atoms with E-state index in [0.717, 1.165) is 32.0 Å². The van der Waals surface area contributed by atoms with Crippen molar-refractivity contribution in [2.45, 2.75) is 39.5 Å². The summed E-state index contributed by atoms with van der Waals surface area (Å²) >= 11 is 1.33. The van der Waals surface area contributed by atoms with Crippen LogP contribution < -0.4 is 9.47 Å². The monoisotopic (exact) mass is 436 g/mol. The number of carbonyl (C=O) groups excluding carboxylic acids is 3. The molecule has 160 valence electrons. The summed E-state index contributed by atoms with van der Waals surface area (Å²) in [5.74, 6) is 0.173. The van der Waals surface area contributed by atoms with Crippen LogP contribution in [0.2, 0.25) is 0 Å². The van der Waals surface area contributed by atoms with Crippen molar-refractivity contribution in [1.82, 2.24) is 0 Å². The fraction of sp³-hybridized carbons (Fsp3) is 0.320. The van der Waals surface area contributed by atoms with Crippen LogP contribution in [-0.4, -0.2) is 31.1 Å². The third-order valence-electron chi connectivity index (χ3n) is 5.44. The molecule has 1 aliphatic rings. The summed E-state index contributed by atoms with van der Waals surface area (Å²) in [6.45, 7) is 4.92. The Morgan fingerprint density at radius 3 is 1.97 bits per heavy atom. The smallest absolute Gasteiger partial charge is 0.198 e. The Morgan fingerprint density at radius 2 is 1.42 bits per heavy atom. The van der Waals surface area contributed by atoms with Crippen molar-refractivity contribution >= 4 is 39.3 Å². The average Bonchev–Trinajstić information content (AvgIpc) is 3.22. The standard InChI is InChI=1S/C25H24O5S/c1-3-5-11-29-23-18-15(13-26)14-31-25(18)24(30-12-6-4-2)20-19(23)21(27)16-9-7-8-10-17(16)22(20)28/h7-10,13-14H,3-6,11-12H2,1-2H3. The molecular weight excluding hydrogens is 412 g/mol. The van der Waals surface area contributed by atoms with E-state index in [1.807, 2.05) is 6.92 Å². The maximum atomic E-state index is 13.6. The molecule has 0 atom stereocenters. The van der Waals surface area contributed by atoms with E-state index in [1.165, 1.54) is 11.3 Å². The van der Waals surface area contributed by atoms with Crippen LogP contribution in [0.5, 0.6) is 11.5 Å². The molecule has 0 spiro atoms. The number of ketones is 2. The summed E-state index contributed by atoms with van der Waals surface area (Å²) in [6, 6.07) is 6.82. The topological polar surface area (TPSA) is 69.7 Å². The Hall–Kier alpha value is -2.99. The molecule has 31 heavy (non-hydrogen) atoms. The normalized spacial score (nSPS) is 12.6. The van der Waals surface area contributed by atoms with Gasteiger partial charge in [-0.05, 0) is 12.8 Å². The summed E-state index contributed by atoms with van der Waals surface area (Å²) in [6.07, 6.45) is 4.23. The Balaban J connectivity index is 2.04. The highest BCUT2D eigenvalue weighted by Crippen LogP contribution is 2.48. The van der Waals surface area contributed by atoms with Crippen LogP contribution in [0.15, 0.2) is 29.6 Å². The minimum absolute atomic E-state index is 0.209. The number of carbonyl (C=O) groups is 3. The fourth-order valence-electron chi connectivity index (χ4n) is 3.83. The van der Waals surface area contributed by atoms with E-state index in [2.05, 4.69) is 6.92 Å². The van der Waals surface area contributed by atoms with E-state index in [-0.39, 0.29) is 22.7 Å².